The van der Waals surface area contributed by atoms with Crippen LogP contribution in [-0.2, 0) is 42.3 Å². The van der Waals surface area contributed by atoms with Crippen LogP contribution in [0, 0.1) is 34.5 Å². The summed E-state index contributed by atoms with van der Waals surface area (Å²) in [6.07, 6.45) is 0.183. The Labute approximate surface area is 278 Å². The molecule has 8 heteroatoms. The van der Waals surface area contributed by atoms with Crippen LogP contribution in [0.15, 0.2) is 146 Å². The summed E-state index contributed by atoms with van der Waals surface area (Å²) < 4.78 is 0. The molecule has 2 saturated heterocycles. The molecule has 238 valence electrons. The molecule has 0 aliphatic carbocycles. The Balaban J connectivity index is 1.19. The van der Waals surface area contributed by atoms with Crippen LogP contribution in [0.25, 0.3) is 0 Å². The van der Waals surface area contributed by atoms with Gasteiger partial charge in [-0.1, -0.05) is 146 Å². The summed E-state index contributed by atoms with van der Waals surface area (Å²) >= 11 is 0. The van der Waals surface area contributed by atoms with Crippen molar-refractivity contribution in [3.63, 3.8) is 0 Å². The van der Waals surface area contributed by atoms with E-state index >= 15 is 0 Å². The Hall–Kier alpha value is -5.16. The van der Waals surface area contributed by atoms with Crippen molar-refractivity contribution in [2.75, 3.05) is 0 Å². The Morgan fingerprint density at radius 1 is 0.417 bits per heavy atom. The smallest absolute Gasteiger partial charge is 0.241 e. The van der Waals surface area contributed by atoms with E-state index in [1.165, 1.54) is 24.3 Å². The second-order valence-electron chi connectivity index (χ2n) is 12.2. The van der Waals surface area contributed by atoms with Crippen molar-refractivity contribution in [3.05, 3.63) is 179 Å². The van der Waals surface area contributed by atoms with E-state index in [4.69, 9.17) is 19.6 Å². The number of hydrogen-bond acceptors (Lipinski definition) is 8. The molecule has 0 radical (unpaired) electrons. The molecule has 7 rings (SSSR count). The standard InChI is InChI=1S/C40H32N2O6/c41-27-35-25-37(29-13-5-1-6-14-29,30-15-7-2-8-16-30)45-47-39(35,43)33-21-23-34(24-22-33)40(44)36(28-42)26-38(46-48-40,31-17-9-3-10-18-31)32-19-11-4-12-20-32/h1-24,35-36,43-44H,25-26H2. The highest BCUT2D eigenvalue weighted by Crippen LogP contribution is 2.52. The second kappa shape index (κ2) is 12.5. The maximum atomic E-state index is 11.9. The van der Waals surface area contributed by atoms with E-state index in [0.29, 0.717) is 0 Å². The summed E-state index contributed by atoms with van der Waals surface area (Å²) in [7, 11) is 0. The fraction of sp³-hybridized carbons (Fsp3) is 0.200. The maximum absolute atomic E-state index is 11.9. The van der Waals surface area contributed by atoms with Crippen molar-refractivity contribution in [2.24, 2.45) is 11.8 Å². The zero-order valence-corrected chi connectivity index (χ0v) is 25.8. The van der Waals surface area contributed by atoms with Gasteiger partial charge in [0.15, 0.2) is 11.2 Å². The highest BCUT2D eigenvalue weighted by atomic mass is 17.2. The molecule has 4 atom stereocenters. The van der Waals surface area contributed by atoms with Gasteiger partial charge in [0, 0.05) is 24.0 Å². The van der Waals surface area contributed by atoms with Crippen molar-refractivity contribution < 1.29 is 29.8 Å². The minimum absolute atomic E-state index is 0.0915. The lowest BCUT2D eigenvalue weighted by Gasteiger charge is -2.46. The molecular weight excluding hydrogens is 604 g/mol. The summed E-state index contributed by atoms with van der Waals surface area (Å²) in [5, 5.41) is 44.5. The molecular formula is C40H32N2O6. The minimum atomic E-state index is -2.14. The summed E-state index contributed by atoms with van der Waals surface area (Å²) in [6.45, 7) is 0. The molecule has 8 nitrogen and oxygen atoms in total. The van der Waals surface area contributed by atoms with E-state index in [0.717, 1.165) is 22.3 Å². The predicted octanol–water partition coefficient (Wildman–Crippen LogP) is 6.85. The van der Waals surface area contributed by atoms with Crippen LogP contribution >= 0.6 is 0 Å². The van der Waals surface area contributed by atoms with E-state index in [-0.39, 0.29) is 24.0 Å². The average Bonchev–Trinajstić information content (AvgIpc) is 3.17. The van der Waals surface area contributed by atoms with E-state index < -0.39 is 34.6 Å². The highest BCUT2D eigenvalue weighted by Gasteiger charge is 2.57. The number of nitrogens with zero attached hydrogens (tertiary/aromatic N) is 2. The van der Waals surface area contributed by atoms with Gasteiger partial charge in [-0.25, -0.2) is 9.78 Å². The van der Waals surface area contributed by atoms with Gasteiger partial charge in [0.25, 0.3) is 0 Å². The Kier molecular flexibility index (Phi) is 8.16. The normalized spacial score (nSPS) is 26.1. The van der Waals surface area contributed by atoms with Gasteiger partial charge in [-0.2, -0.15) is 20.3 Å². The molecule has 5 aromatic carbocycles. The third-order valence-electron chi connectivity index (χ3n) is 9.53. The quantitative estimate of drug-likeness (QED) is 0.194. The fourth-order valence-corrected chi connectivity index (χ4v) is 6.84. The summed E-state index contributed by atoms with van der Waals surface area (Å²) in [5.74, 6) is -6.40. The molecule has 0 saturated carbocycles. The van der Waals surface area contributed by atoms with Crippen LogP contribution in [-0.4, -0.2) is 10.2 Å². The van der Waals surface area contributed by atoms with Gasteiger partial charge in [0.2, 0.25) is 11.6 Å². The van der Waals surface area contributed by atoms with Crippen LogP contribution < -0.4 is 0 Å². The second-order valence-corrected chi connectivity index (χ2v) is 12.2. The lowest BCUT2D eigenvalue weighted by Crippen LogP contribution is -2.51. The Bertz CT molecular complexity index is 1720. The van der Waals surface area contributed by atoms with E-state index in [1.807, 2.05) is 121 Å². The van der Waals surface area contributed by atoms with E-state index in [1.54, 1.807) is 0 Å². The van der Waals surface area contributed by atoms with Gasteiger partial charge < -0.3 is 10.2 Å². The molecule has 0 amide bonds. The average molecular weight is 637 g/mol. The first kappa shape index (κ1) is 31.4. The van der Waals surface area contributed by atoms with Crippen molar-refractivity contribution in [3.8, 4) is 12.1 Å². The van der Waals surface area contributed by atoms with Crippen LogP contribution in [0.1, 0.15) is 46.2 Å². The lowest BCUT2D eigenvalue weighted by atomic mass is 9.74. The molecule has 2 N–H and O–H groups in total. The lowest BCUT2D eigenvalue weighted by molar-refractivity contribution is -0.501. The number of hydrogen-bond donors (Lipinski definition) is 2. The van der Waals surface area contributed by atoms with Gasteiger partial charge in [0.1, 0.15) is 11.8 Å². The van der Waals surface area contributed by atoms with Gasteiger partial charge in [-0.3, -0.25) is 0 Å². The molecule has 0 bridgehead atoms. The minimum Gasteiger partial charge on any atom is -0.359 e. The van der Waals surface area contributed by atoms with Crippen molar-refractivity contribution in [2.45, 2.75) is 35.6 Å². The van der Waals surface area contributed by atoms with Crippen LogP contribution in [0.4, 0.5) is 0 Å². The molecule has 2 aliphatic rings. The van der Waals surface area contributed by atoms with Crippen molar-refractivity contribution in [1.82, 2.24) is 0 Å². The molecule has 5 aromatic rings. The number of nitriles is 2. The maximum Gasteiger partial charge on any atom is 0.241 e. The predicted molar refractivity (Wildman–Crippen MR) is 173 cm³/mol. The molecule has 2 aliphatic heterocycles. The Morgan fingerprint density at radius 2 is 0.688 bits per heavy atom. The first-order valence-electron chi connectivity index (χ1n) is 15.7. The zero-order valence-electron chi connectivity index (χ0n) is 25.8. The zero-order chi connectivity index (χ0) is 33.2. The fourth-order valence-electron chi connectivity index (χ4n) is 6.84. The van der Waals surface area contributed by atoms with E-state index in [2.05, 4.69) is 12.1 Å². The van der Waals surface area contributed by atoms with Gasteiger partial charge in [0.05, 0.1) is 12.1 Å². The SMILES string of the molecule is N#CC1CC(c2ccccc2)(c2ccccc2)OOC1(O)c1ccc(C2(O)OOC(c3ccccc3)(c3ccccc3)CC2C#N)cc1. The first-order valence-corrected chi connectivity index (χ1v) is 15.7. The molecule has 0 aromatic heterocycles. The van der Waals surface area contributed by atoms with Gasteiger partial charge >= 0.3 is 0 Å². The molecule has 48 heavy (non-hydrogen) atoms. The van der Waals surface area contributed by atoms with Gasteiger partial charge in [-0.15, -0.1) is 0 Å². The molecule has 4 unspecified atom stereocenters. The summed E-state index contributed by atoms with van der Waals surface area (Å²) in [6, 6.07) is 48.3. The molecule has 2 fully saturated rings. The van der Waals surface area contributed by atoms with Crippen molar-refractivity contribution >= 4 is 0 Å². The van der Waals surface area contributed by atoms with Crippen LogP contribution in [0.3, 0.4) is 0 Å². The summed E-state index contributed by atoms with van der Waals surface area (Å²) in [4.78, 5) is 23.9. The number of rotatable bonds is 6. The summed E-state index contributed by atoms with van der Waals surface area (Å²) in [5.41, 5.74) is 1.24. The molecule has 2 heterocycles. The molecule has 0 spiro atoms. The Morgan fingerprint density at radius 3 is 0.938 bits per heavy atom. The van der Waals surface area contributed by atoms with Crippen LogP contribution in [0.5, 0.6) is 0 Å². The third-order valence-corrected chi connectivity index (χ3v) is 9.53. The topological polar surface area (TPSA) is 125 Å². The van der Waals surface area contributed by atoms with Gasteiger partial charge in [-0.05, 0) is 22.3 Å². The monoisotopic (exact) mass is 636 g/mol. The largest absolute Gasteiger partial charge is 0.359 e. The van der Waals surface area contributed by atoms with Crippen LogP contribution in [0.2, 0.25) is 0 Å². The third kappa shape index (κ3) is 5.09. The highest BCUT2D eigenvalue weighted by molar-refractivity contribution is 5.41. The van der Waals surface area contributed by atoms with E-state index in [9.17, 15) is 20.7 Å². The van der Waals surface area contributed by atoms with Crippen molar-refractivity contribution in [1.29, 1.82) is 10.5 Å². The number of benzene rings is 5. The number of aliphatic hydroxyl groups is 2. The first-order chi connectivity index (χ1) is 23.4.